The largest absolute Gasteiger partial charge is 0.480 e. The highest BCUT2D eigenvalue weighted by Gasteiger charge is 2.24. The van der Waals surface area contributed by atoms with E-state index in [4.69, 9.17) is 10.3 Å². The lowest BCUT2D eigenvalue weighted by Gasteiger charge is -2.28. The topological polar surface area (TPSA) is 35.2 Å². The van der Waals surface area contributed by atoms with E-state index in [1.54, 1.807) is 0 Å². The van der Waals surface area contributed by atoms with E-state index in [1.807, 2.05) is 6.07 Å². The van der Waals surface area contributed by atoms with E-state index in [2.05, 4.69) is 57.1 Å². The van der Waals surface area contributed by atoms with Gasteiger partial charge in [0.25, 0.3) is 0 Å². The zero-order valence-corrected chi connectivity index (χ0v) is 12.9. The second-order valence-electron chi connectivity index (χ2n) is 6.55. The predicted octanol–water partition coefficient (Wildman–Crippen LogP) is 4.03. The quantitative estimate of drug-likeness (QED) is 0.605. The van der Waals surface area contributed by atoms with Crippen LogP contribution in [-0.4, -0.2) is 0 Å². The maximum absolute atomic E-state index is 6.11. The van der Waals surface area contributed by atoms with E-state index in [-0.39, 0.29) is 10.8 Å². The van der Waals surface area contributed by atoms with Gasteiger partial charge in [0.05, 0.1) is 9.47 Å². The molecule has 1 atom stereocenters. The second-order valence-corrected chi connectivity index (χ2v) is 6.79. The zero-order chi connectivity index (χ0) is 13.4. The van der Waals surface area contributed by atoms with Gasteiger partial charge < -0.3 is 10.3 Å². The van der Waals surface area contributed by atoms with Crippen molar-refractivity contribution >= 4 is 15.2 Å². The molecule has 3 heteroatoms. The van der Waals surface area contributed by atoms with Crippen LogP contribution in [0, 0.1) is 0 Å². The number of nitrogen functional groups attached to an aromatic ring is 1. The van der Waals surface area contributed by atoms with Gasteiger partial charge in [-0.1, -0.05) is 41.5 Å². The fourth-order valence-corrected chi connectivity index (χ4v) is 2.12. The van der Waals surface area contributed by atoms with Crippen LogP contribution in [-0.2, 0) is 10.8 Å². The molecule has 0 aliphatic rings. The molecular formula is C14H24NOP. The van der Waals surface area contributed by atoms with Crippen molar-refractivity contribution in [3.05, 3.63) is 23.3 Å². The maximum Gasteiger partial charge on any atom is 0.128 e. The van der Waals surface area contributed by atoms with Gasteiger partial charge in [-0.05, 0) is 22.5 Å². The Morgan fingerprint density at radius 3 is 1.76 bits per heavy atom. The van der Waals surface area contributed by atoms with Gasteiger partial charge in [-0.15, -0.1) is 0 Å². The first kappa shape index (κ1) is 14.3. The predicted molar refractivity (Wildman–Crippen MR) is 78.6 cm³/mol. The van der Waals surface area contributed by atoms with E-state index in [0.29, 0.717) is 0 Å². The van der Waals surface area contributed by atoms with Gasteiger partial charge in [0.15, 0.2) is 0 Å². The van der Waals surface area contributed by atoms with Gasteiger partial charge in [0, 0.05) is 17.3 Å². The Labute approximate surface area is 107 Å². The first-order valence-electron chi connectivity index (χ1n) is 5.88. The van der Waals surface area contributed by atoms with Gasteiger partial charge in [-0.3, -0.25) is 0 Å². The Bertz CT molecular complexity index is 413. The summed E-state index contributed by atoms with van der Waals surface area (Å²) in [6.45, 7) is 13.1. The van der Waals surface area contributed by atoms with E-state index in [9.17, 15) is 0 Å². The molecule has 17 heavy (non-hydrogen) atoms. The van der Waals surface area contributed by atoms with E-state index < -0.39 is 0 Å². The van der Waals surface area contributed by atoms with Crippen molar-refractivity contribution in [2.24, 2.45) is 0 Å². The average Bonchev–Trinajstić information content (AvgIpc) is 2.13. The highest BCUT2D eigenvalue weighted by Crippen LogP contribution is 2.39. The smallest absolute Gasteiger partial charge is 0.128 e. The van der Waals surface area contributed by atoms with Crippen LogP contribution in [0.3, 0.4) is 0 Å². The van der Waals surface area contributed by atoms with Crippen LogP contribution in [0.1, 0.15) is 52.7 Å². The molecule has 0 aromatic heterocycles. The Balaban J connectivity index is 3.49. The third-order valence-corrected chi connectivity index (χ3v) is 3.15. The highest BCUT2D eigenvalue weighted by atomic mass is 31.0. The summed E-state index contributed by atoms with van der Waals surface area (Å²) in [6, 6.07) is 4.10. The molecule has 0 aliphatic heterocycles. The molecule has 0 fully saturated rings. The number of hydrogen-bond acceptors (Lipinski definition) is 2. The molecule has 1 rings (SSSR count). The number of hydrogen-bond donors (Lipinski definition) is 1. The lowest BCUT2D eigenvalue weighted by atomic mass is 9.79. The van der Waals surface area contributed by atoms with Gasteiger partial charge >= 0.3 is 0 Å². The third kappa shape index (κ3) is 3.13. The van der Waals surface area contributed by atoms with Crippen molar-refractivity contribution < 1.29 is 4.52 Å². The number of anilines is 1. The molecule has 1 aromatic carbocycles. The normalized spacial score (nSPS) is 12.6. The van der Waals surface area contributed by atoms with Gasteiger partial charge in [-0.25, -0.2) is 0 Å². The fraction of sp³-hybridized carbons (Fsp3) is 0.571. The molecule has 0 radical (unpaired) electrons. The lowest BCUT2D eigenvalue weighted by Crippen LogP contribution is -2.18. The van der Waals surface area contributed by atoms with Crippen molar-refractivity contribution in [2.45, 2.75) is 52.4 Å². The first-order valence-corrected chi connectivity index (χ1v) is 6.35. The summed E-state index contributed by atoms with van der Waals surface area (Å²) in [4.78, 5) is 0. The standard InChI is InChI=1S/C14H24NOP/c1-13(2,3)9-7-10(14(4,5)6)12(16-17)8-11(9)15/h7-8H,15,17H2,1-6H3. The number of rotatable bonds is 1. The van der Waals surface area contributed by atoms with Crippen LogP contribution >= 0.6 is 9.47 Å². The Hall–Kier alpha value is -0.750. The number of nitrogens with two attached hydrogens (primary N) is 1. The minimum Gasteiger partial charge on any atom is -0.480 e. The van der Waals surface area contributed by atoms with E-state index in [0.717, 1.165) is 11.4 Å². The van der Waals surface area contributed by atoms with Crippen molar-refractivity contribution in [1.29, 1.82) is 0 Å². The summed E-state index contributed by atoms with van der Waals surface area (Å²) < 4.78 is 5.36. The fourth-order valence-electron chi connectivity index (χ4n) is 1.93. The lowest BCUT2D eigenvalue weighted by molar-refractivity contribution is 0.537. The van der Waals surface area contributed by atoms with E-state index in [1.165, 1.54) is 11.1 Å². The van der Waals surface area contributed by atoms with Crippen molar-refractivity contribution in [3.8, 4) is 5.75 Å². The SMILES string of the molecule is CC(C)(C)c1cc(C(C)(C)C)c(OP)cc1N. The molecule has 0 bridgehead atoms. The average molecular weight is 253 g/mol. The van der Waals surface area contributed by atoms with E-state index >= 15 is 0 Å². The van der Waals surface area contributed by atoms with Crippen LogP contribution in [0.5, 0.6) is 5.75 Å². The summed E-state index contributed by atoms with van der Waals surface area (Å²) in [5.41, 5.74) is 9.35. The summed E-state index contributed by atoms with van der Waals surface area (Å²) in [6.07, 6.45) is 0. The molecule has 2 N–H and O–H groups in total. The summed E-state index contributed by atoms with van der Waals surface area (Å²) in [7, 11) is 2.30. The molecule has 1 aromatic rings. The molecule has 0 aliphatic carbocycles. The third-order valence-electron chi connectivity index (χ3n) is 2.89. The second kappa shape index (κ2) is 4.49. The molecule has 1 unspecified atom stereocenters. The maximum atomic E-state index is 6.11. The number of benzene rings is 1. The summed E-state index contributed by atoms with van der Waals surface area (Å²) in [5, 5.41) is 0. The Morgan fingerprint density at radius 1 is 0.941 bits per heavy atom. The molecule has 0 amide bonds. The minimum absolute atomic E-state index is 0.0413. The molecule has 96 valence electrons. The summed E-state index contributed by atoms with van der Waals surface area (Å²) in [5.74, 6) is 0.841. The van der Waals surface area contributed by atoms with Crippen molar-refractivity contribution in [2.75, 3.05) is 5.73 Å². The molecular weight excluding hydrogens is 229 g/mol. The molecule has 0 heterocycles. The van der Waals surface area contributed by atoms with Crippen LogP contribution in [0.15, 0.2) is 12.1 Å². The monoisotopic (exact) mass is 253 g/mol. The molecule has 2 nitrogen and oxygen atoms in total. The zero-order valence-electron chi connectivity index (χ0n) is 11.7. The van der Waals surface area contributed by atoms with Crippen LogP contribution < -0.4 is 10.3 Å². The van der Waals surface area contributed by atoms with Gasteiger partial charge in [-0.2, -0.15) is 0 Å². The Kier molecular flexibility index (Phi) is 3.78. The van der Waals surface area contributed by atoms with Crippen LogP contribution in [0.2, 0.25) is 0 Å². The van der Waals surface area contributed by atoms with Crippen LogP contribution in [0.4, 0.5) is 5.69 Å². The van der Waals surface area contributed by atoms with Gasteiger partial charge in [0.1, 0.15) is 5.75 Å². The summed E-state index contributed by atoms with van der Waals surface area (Å²) >= 11 is 0. The molecule has 0 spiro atoms. The first-order chi connectivity index (χ1) is 7.57. The highest BCUT2D eigenvalue weighted by molar-refractivity contribution is 7.10. The van der Waals surface area contributed by atoms with Crippen molar-refractivity contribution in [1.82, 2.24) is 0 Å². The van der Waals surface area contributed by atoms with Gasteiger partial charge in [0.2, 0.25) is 0 Å². The van der Waals surface area contributed by atoms with Crippen molar-refractivity contribution in [3.63, 3.8) is 0 Å². The minimum atomic E-state index is 0.0413. The molecule has 0 saturated heterocycles. The van der Waals surface area contributed by atoms with Crippen LogP contribution in [0.25, 0.3) is 0 Å². The molecule has 0 saturated carbocycles. The Morgan fingerprint density at radius 2 is 1.41 bits per heavy atom.